The van der Waals surface area contributed by atoms with Crippen molar-refractivity contribution in [3.8, 4) is 0 Å². The Morgan fingerprint density at radius 3 is 2.73 bits per heavy atom. The smallest absolute Gasteiger partial charge is 0.243 e. The van der Waals surface area contributed by atoms with Crippen LogP contribution in [0.5, 0.6) is 0 Å². The summed E-state index contributed by atoms with van der Waals surface area (Å²) < 4.78 is 35.3. The Morgan fingerprint density at radius 2 is 2.00 bits per heavy atom. The Labute approximate surface area is 177 Å². The average molecular weight is 429 g/mol. The lowest BCUT2D eigenvalue weighted by atomic mass is 10.1. The molecule has 1 aliphatic heterocycles. The van der Waals surface area contributed by atoms with Crippen molar-refractivity contribution < 1.29 is 13.2 Å². The Hall–Kier alpha value is -2.29. The summed E-state index contributed by atoms with van der Waals surface area (Å²) in [5, 5.41) is 0. The highest BCUT2D eigenvalue weighted by atomic mass is 32.2. The van der Waals surface area contributed by atoms with Crippen LogP contribution in [0.3, 0.4) is 0 Å². The van der Waals surface area contributed by atoms with Crippen LogP contribution in [-0.4, -0.2) is 54.1 Å². The number of nitrogens with zero attached hydrogens (tertiary/aromatic N) is 4. The van der Waals surface area contributed by atoms with Crippen LogP contribution >= 0.6 is 0 Å². The number of hydrogen-bond donors (Lipinski definition) is 0. The number of methoxy groups -OCH3 is 1. The largest absolute Gasteiger partial charge is 0.383 e. The molecule has 0 radical (unpaired) electrons. The van der Waals surface area contributed by atoms with Gasteiger partial charge in [-0.25, -0.2) is 13.4 Å². The maximum atomic E-state index is 13.2. The lowest BCUT2D eigenvalue weighted by Crippen LogP contribution is -2.29. The molecule has 4 rings (SSSR count). The number of sulfonamides is 1. The molecule has 0 N–H and O–H groups in total. The summed E-state index contributed by atoms with van der Waals surface area (Å²) in [5.41, 5.74) is 3.00. The molecule has 1 atom stereocenters. The van der Waals surface area contributed by atoms with Gasteiger partial charge < -0.3 is 9.30 Å². The van der Waals surface area contributed by atoms with E-state index in [-0.39, 0.29) is 5.92 Å². The van der Waals surface area contributed by atoms with Crippen molar-refractivity contribution in [2.75, 3.05) is 26.8 Å². The fourth-order valence-electron chi connectivity index (χ4n) is 4.14. The molecule has 1 aliphatic rings. The second-order valence-electron chi connectivity index (χ2n) is 7.72. The zero-order chi connectivity index (χ0) is 21.1. The monoisotopic (exact) mass is 428 g/mol. The zero-order valence-corrected chi connectivity index (χ0v) is 18.3. The van der Waals surface area contributed by atoms with Crippen molar-refractivity contribution in [2.45, 2.75) is 43.5 Å². The average Bonchev–Trinajstić information content (AvgIpc) is 3.38. The van der Waals surface area contributed by atoms with Crippen LogP contribution in [0.4, 0.5) is 0 Å². The van der Waals surface area contributed by atoms with Crippen LogP contribution in [-0.2, 0) is 27.7 Å². The molecule has 7 nitrogen and oxygen atoms in total. The summed E-state index contributed by atoms with van der Waals surface area (Å²) in [5.74, 6) is 0.953. The number of imidazole rings is 1. The molecule has 3 heterocycles. The number of rotatable bonds is 8. The first-order valence-corrected chi connectivity index (χ1v) is 11.9. The first-order chi connectivity index (χ1) is 14.5. The van der Waals surface area contributed by atoms with Gasteiger partial charge in [-0.1, -0.05) is 25.5 Å². The highest BCUT2D eigenvalue weighted by molar-refractivity contribution is 7.89. The maximum Gasteiger partial charge on any atom is 0.243 e. The number of benzene rings is 1. The maximum absolute atomic E-state index is 13.2. The third kappa shape index (κ3) is 3.99. The topological polar surface area (TPSA) is 77.3 Å². The summed E-state index contributed by atoms with van der Waals surface area (Å²) in [4.78, 5) is 9.40. The third-order valence-corrected chi connectivity index (χ3v) is 7.59. The Bertz CT molecular complexity index is 1110. The van der Waals surface area contributed by atoms with Crippen molar-refractivity contribution in [3.63, 3.8) is 0 Å². The minimum atomic E-state index is -3.51. The number of aryl methyl sites for hydroxylation is 1. The van der Waals surface area contributed by atoms with E-state index in [1.54, 1.807) is 29.7 Å². The molecule has 3 aromatic rings. The molecule has 0 bridgehead atoms. The Balaban J connectivity index is 1.58. The van der Waals surface area contributed by atoms with E-state index in [4.69, 9.17) is 9.72 Å². The highest BCUT2D eigenvalue weighted by Crippen LogP contribution is 2.32. The second-order valence-corrected chi connectivity index (χ2v) is 9.66. The molecule has 1 saturated heterocycles. The van der Waals surface area contributed by atoms with Gasteiger partial charge in [-0.3, -0.25) is 4.98 Å². The van der Waals surface area contributed by atoms with E-state index in [1.807, 2.05) is 24.4 Å². The molecule has 1 fully saturated rings. The van der Waals surface area contributed by atoms with Gasteiger partial charge in [0.05, 0.1) is 28.7 Å². The summed E-state index contributed by atoms with van der Waals surface area (Å²) >= 11 is 0. The summed E-state index contributed by atoms with van der Waals surface area (Å²) in [6.07, 6.45) is 6.28. The van der Waals surface area contributed by atoms with E-state index in [0.717, 1.165) is 41.7 Å². The number of fused-ring (bicyclic) bond motifs is 1. The predicted octanol–water partition coefficient (Wildman–Crippen LogP) is 3.21. The van der Waals surface area contributed by atoms with E-state index in [2.05, 4.69) is 16.5 Å². The predicted molar refractivity (Wildman–Crippen MR) is 116 cm³/mol. The second kappa shape index (κ2) is 8.83. The molecule has 0 aliphatic carbocycles. The molecule has 0 saturated carbocycles. The standard InChI is InChI=1S/C22H28N4O3S/c1-3-4-17-5-7-19(8-6-17)30(27,28)25-12-10-18(16-25)22-24-20-9-11-23-15-21(20)26(22)13-14-29-2/h5-9,11,15,18H,3-4,10,12-14,16H2,1-2H3. The normalized spacial score (nSPS) is 17.7. The van der Waals surface area contributed by atoms with Gasteiger partial charge in [0.25, 0.3) is 0 Å². The van der Waals surface area contributed by atoms with Gasteiger partial charge in [0.2, 0.25) is 10.0 Å². The van der Waals surface area contributed by atoms with E-state index < -0.39 is 10.0 Å². The first-order valence-electron chi connectivity index (χ1n) is 10.4. The van der Waals surface area contributed by atoms with Crippen molar-refractivity contribution in [1.29, 1.82) is 0 Å². The first kappa shape index (κ1) is 21.0. The van der Waals surface area contributed by atoms with E-state index in [0.29, 0.717) is 31.1 Å². The lowest BCUT2D eigenvalue weighted by molar-refractivity contribution is 0.187. The fourth-order valence-corrected chi connectivity index (χ4v) is 5.64. The van der Waals surface area contributed by atoms with E-state index in [1.165, 1.54) is 0 Å². The van der Waals surface area contributed by atoms with Gasteiger partial charge in [-0.05, 0) is 36.6 Å². The quantitative estimate of drug-likeness (QED) is 0.551. The van der Waals surface area contributed by atoms with Gasteiger partial charge in [-0.2, -0.15) is 4.31 Å². The lowest BCUT2D eigenvalue weighted by Gasteiger charge is -2.17. The minimum absolute atomic E-state index is 0.0448. The fraction of sp³-hybridized carbons (Fsp3) is 0.455. The van der Waals surface area contributed by atoms with Gasteiger partial charge in [0.15, 0.2) is 0 Å². The van der Waals surface area contributed by atoms with Gasteiger partial charge >= 0.3 is 0 Å². The van der Waals surface area contributed by atoms with Crippen molar-refractivity contribution in [1.82, 2.24) is 18.8 Å². The zero-order valence-electron chi connectivity index (χ0n) is 17.5. The van der Waals surface area contributed by atoms with E-state index >= 15 is 0 Å². The van der Waals surface area contributed by atoms with Crippen LogP contribution in [0.25, 0.3) is 11.0 Å². The van der Waals surface area contributed by atoms with E-state index in [9.17, 15) is 8.42 Å². The molecule has 2 aromatic heterocycles. The van der Waals surface area contributed by atoms with Crippen LogP contribution in [0.15, 0.2) is 47.6 Å². The Morgan fingerprint density at radius 1 is 1.20 bits per heavy atom. The molecule has 0 spiro atoms. The van der Waals surface area contributed by atoms with Gasteiger partial charge in [0.1, 0.15) is 5.82 Å². The molecule has 1 unspecified atom stereocenters. The Kier molecular flexibility index (Phi) is 6.17. The molecule has 160 valence electrons. The van der Waals surface area contributed by atoms with Crippen LogP contribution in [0.1, 0.15) is 37.1 Å². The minimum Gasteiger partial charge on any atom is -0.383 e. The van der Waals surface area contributed by atoms with Crippen molar-refractivity contribution >= 4 is 21.1 Å². The van der Waals surface area contributed by atoms with Crippen LogP contribution in [0.2, 0.25) is 0 Å². The number of aromatic nitrogens is 3. The SMILES string of the molecule is CCCc1ccc(S(=O)(=O)N2CCC(c3nc4ccncc4n3CCOC)C2)cc1. The number of ether oxygens (including phenoxy) is 1. The van der Waals surface area contributed by atoms with Crippen molar-refractivity contribution in [2.24, 2.45) is 0 Å². The molecule has 30 heavy (non-hydrogen) atoms. The van der Waals surface area contributed by atoms with Gasteiger partial charge in [0, 0.05) is 38.9 Å². The third-order valence-electron chi connectivity index (χ3n) is 5.72. The number of pyridine rings is 1. The highest BCUT2D eigenvalue weighted by Gasteiger charge is 2.35. The van der Waals surface area contributed by atoms with Crippen LogP contribution in [0, 0.1) is 0 Å². The summed E-state index contributed by atoms with van der Waals surface area (Å²) in [6, 6.07) is 9.19. The summed E-state index contributed by atoms with van der Waals surface area (Å²) in [7, 11) is -1.84. The molecular formula is C22H28N4O3S. The van der Waals surface area contributed by atoms with Crippen molar-refractivity contribution in [3.05, 3.63) is 54.1 Å². The van der Waals surface area contributed by atoms with Gasteiger partial charge in [-0.15, -0.1) is 0 Å². The molecule has 1 aromatic carbocycles. The molecule has 8 heteroatoms. The van der Waals surface area contributed by atoms with Crippen LogP contribution < -0.4 is 0 Å². The molecular weight excluding hydrogens is 400 g/mol. The number of hydrogen-bond acceptors (Lipinski definition) is 5. The summed E-state index contributed by atoms with van der Waals surface area (Å²) in [6.45, 7) is 4.27. The molecule has 0 amide bonds.